The number of amides is 1. The second-order valence-electron chi connectivity index (χ2n) is 4.30. The lowest BCUT2D eigenvalue weighted by Crippen LogP contribution is -2.30. The standard InChI is InChI=1S/C14H16ClN3O2/c1-3-10-8-16-18-13(10)17-14(19)9(2)20-12-7-5-4-6-11(12)15/h4-9H,3H2,1-2H3,(H2,16,17,18,19)/t9-/m0/s1. The molecule has 0 aliphatic heterocycles. The molecule has 0 unspecified atom stereocenters. The average Bonchev–Trinajstić information content (AvgIpc) is 2.88. The van der Waals surface area contributed by atoms with Crippen molar-refractivity contribution in [3.63, 3.8) is 0 Å². The molecule has 1 amide bonds. The highest BCUT2D eigenvalue weighted by Gasteiger charge is 2.17. The Labute approximate surface area is 122 Å². The number of rotatable bonds is 5. The maximum Gasteiger partial charge on any atom is 0.266 e. The van der Waals surface area contributed by atoms with Gasteiger partial charge in [0.25, 0.3) is 5.91 Å². The number of H-pyrrole nitrogens is 1. The van der Waals surface area contributed by atoms with Gasteiger partial charge in [-0.05, 0) is 25.5 Å². The van der Waals surface area contributed by atoms with E-state index in [-0.39, 0.29) is 5.91 Å². The third-order valence-electron chi connectivity index (χ3n) is 2.86. The van der Waals surface area contributed by atoms with E-state index in [1.807, 2.05) is 6.92 Å². The fourth-order valence-electron chi connectivity index (χ4n) is 1.70. The second kappa shape index (κ2) is 6.43. The highest BCUT2D eigenvalue weighted by molar-refractivity contribution is 6.32. The summed E-state index contributed by atoms with van der Waals surface area (Å²) >= 11 is 5.99. The first-order valence-electron chi connectivity index (χ1n) is 6.36. The molecule has 106 valence electrons. The lowest BCUT2D eigenvalue weighted by molar-refractivity contribution is -0.122. The van der Waals surface area contributed by atoms with E-state index < -0.39 is 6.10 Å². The Kier molecular flexibility index (Phi) is 4.63. The van der Waals surface area contributed by atoms with Crippen LogP contribution in [0.5, 0.6) is 5.75 Å². The van der Waals surface area contributed by atoms with Gasteiger partial charge >= 0.3 is 0 Å². The van der Waals surface area contributed by atoms with Crippen LogP contribution in [0.3, 0.4) is 0 Å². The summed E-state index contributed by atoms with van der Waals surface area (Å²) in [4.78, 5) is 12.1. The molecule has 1 heterocycles. The summed E-state index contributed by atoms with van der Waals surface area (Å²) in [6.45, 7) is 3.66. The Morgan fingerprint density at radius 1 is 1.50 bits per heavy atom. The van der Waals surface area contributed by atoms with E-state index in [0.29, 0.717) is 16.6 Å². The molecule has 2 N–H and O–H groups in total. The molecule has 1 atom stereocenters. The Hall–Kier alpha value is -2.01. The number of nitrogens with one attached hydrogen (secondary N) is 2. The van der Waals surface area contributed by atoms with Crippen molar-refractivity contribution in [2.24, 2.45) is 0 Å². The molecular weight excluding hydrogens is 278 g/mol. The molecule has 0 saturated carbocycles. The van der Waals surface area contributed by atoms with Gasteiger partial charge in [0.2, 0.25) is 0 Å². The molecule has 0 aliphatic rings. The molecule has 5 nitrogen and oxygen atoms in total. The Morgan fingerprint density at radius 3 is 2.95 bits per heavy atom. The number of hydrogen-bond donors (Lipinski definition) is 2. The van der Waals surface area contributed by atoms with Crippen LogP contribution < -0.4 is 10.1 Å². The molecule has 0 saturated heterocycles. The minimum absolute atomic E-state index is 0.260. The summed E-state index contributed by atoms with van der Waals surface area (Å²) < 4.78 is 5.55. The quantitative estimate of drug-likeness (QED) is 0.890. The van der Waals surface area contributed by atoms with Crippen molar-refractivity contribution in [2.75, 3.05) is 5.32 Å². The van der Waals surface area contributed by atoms with E-state index >= 15 is 0 Å². The van der Waals surface area contributed by atoms with Gasteiger partial charge in [0.05, 0.1) is 11.2 Å². The molecule has 0 radical (unpaired) electrons. The van der Waals surface area contributed by atoms with Gasteiger partial charge in [0.15, 0.2) is 6.10 Å². The van der Waals surface area contributed by atoms with Gasteiger partial charge in [0.1, 0.15) is 11.6 Å². The largest absolute Gasteiger partial charge is 0.479 e. The third kappa shape index (κ3) is 3.30. The van der Waals surface area contributed by atoms with Gasteiger partial charge in [-0.15, -0.1) is 0 Å². The molecule has 1 aromatic heterocycles. The fraction of sp³-hybridized carbons (Fsp3) is 0.286. The molecule has 1 aromatic carbocycles. The molecule has 6 heteroatoms. The van der Waals surface area contributed by atoms with Crippen molar-refractivity contribution in [3.8, 4) is 5.75 Å². The zero-order valence-electron chi connectivity index (χ0n) is 11.3. The molecule has 2 rings (SSSR count). The van der Waals surface area contributed by atoms with Crippen molar-refractivity contribution >= 4 is 23.3 Å². The van der Waals surface area contributed by atoms with Crippen molar-refractivity contribution in [1.82, 2.24) is 10.2 Å². The minimum Gasteiger partial charge on any atom is -0.479 e. The number of hydrogen-bond acceptors (Lipinski definition) is 3. The lowest BCUT2D eigenvalue weighted by atomic mass is 10.2. The normalized spacial score (nSPS) is 11.9. The number of aryl methyl sites for hydroxylation is 1. The maximum atomic E-state index is 12.1. The Bertz CT molecular complexity index is 598. The maximum absolute atomic E-state index is 12.1. The molecule has 0 aliphatic carbocycles. The van der Waals surface area contributed by atoms with E-state index in [2.05, 4.69) is 15.5 Å². The van der Waals surface area contributed by atoms with Gasteiger partial charge in [-0.1, -0.05) is 30.7 Å². The summed E-state index contributed by atoms with van der Waals surface area (Å²) in [5.74, 6) is 0.827. The number of ether oxygens (including phenoxy) is 1. The molecule has 0 bridgehead atoms. The number of aromatic amines is 1. The lowest BCUT2D eigenvalue weighted by Gasteiger charge is -2.15. The summed E-state index contributed by atoms with van der Waals surface area (Å²) in [7, 11) is 0. The van der Waals surface area contributed by atoms with Crippen LogP contribution in [0.15, 0.2) is 30.5 Å². The van der Waals surface area contributed by atoms with E-state index in [1.165, 1.54) is 0 Å². The van der Waals surface area contributed by atoms with Gasteiger partial charge in [-0.25, -0.2) is 0 Å². The van der Waals surface area contributed by atoms with Crippen molar-refractivity contribution in [1.29, 1.82) is 0 Å². The van der Waals surface area contributed by atoms with E-state index in [0.717, 1.165) is 12.0 Å². The van der Waals surface area contributed by atoms with Crippen LogP contribution >= 0.6 is 11.6 Å². The predicted molar refractivity (Wildman–Crippen MR) is 78.1 cm³/mol. The monoisotopic (exact) mass is 293 g/mol. The van der Waals surface area contributed by atoms with Crippen LogP contribution in [0, 0.1) is 0 Å². The van der Waals surface area contributed by atoms with Crippen LogP contribution in [-0.4, -0.2) is 22.2 Å². The summed E-state index contributed by atoms with van der Waals surface area (Å²) in [5, 5.41) is 9.89. The number of halogens is 1. The van der Waals surface area contributed by atoms with E-state index in [1.54, 1.807) is 37.4 Å². The average molecular weight is 294 g/mol. The number of anilines is 1. The van der Waals surface area contributed by atoms with Crippen LogP contribution in [0.4, 0.5) is 5.82 Å². The second-order valence-corrected chi connectivity index (χ2v) is 4.71. The van der Waals surface area contributed by atoms with Crippen LogP contribution in [0.25, 0.3) is 0 Å². The summed E-state index contributed by atoms with van der Waals surface area (Å²) in [5.41, 5.74) is 0.947. The number of benzene rings is 1. The highest BCUT2D eigenvalue weighted by atomic mass is 35.5. The van der Waals surface area contributed by atoms with Crippen molar-refractivity contribution in [2.45, 2.75) is 26.4 Å². The van der Waals surface area contributed by atoms with Gasteiger partial charge in [-0.2, -0.15) is 5.10 Å². The summed E-state index contributed by atoms with van der Waals surface area (Å²) in [6.07, 6.45) is 1.81. The number of carbonyl (C=O) groups excluding carboxylic acids is 1. The van der Waals surface area contributed by atoms with Crippen LogP contribution in [-0.2, 0) is 11.2 Å². The van der Waals surface area contributed by atoms with E-state index in [9.17, 15) is 4.79 Å². The zero-order chi connectivity index (χ0) is 14.5. The minimum atomic E-state index is -0.664. The number of aromatic nitrogens is 2. The first-order chi connectivity index (χ1) is 9.61. The molecule has 2 aromatic rings. The SMILES string of the molecule is CCc1cn[nH]c1NC(=O)[C@H](C)Oc1ccccc1Cl. The van der Waals surface area contributed by atoms with Gasteiger partial charge in [-0.3, -0.25) is 9.89 Å². The van der Waals surface area contributed by atoms with E-state index in [4.69, 9.17) is 16.3 Å². The molecular formula is C14H16ClN3O2. The van der Waals surface area contributed by atoms with Crippen LogP contribution in [0.1, 0.15) is 19.4 Å². The summed E-state index contributed by atoms with van der Waals surface area (Å²) in [6, 6.07) is 7.04. The van der Waals surface area contributed by atoms with Gasteiger partial charge in [0, 0.05) is 5.56 Å². The van der Waals surface area contributed by atoms with Crippen LogP contribution in [0.2, 0.25) is 5.02 Å². The molecule has 0 spiro atoms. The highest BCUT2D eigenvalue weighted by Crippen LogP contribution is 2.24. The van der Waals surface area contributed by atoms with Gasteiger partial charge < -0.3 is 10.1 Å². The zero-order valence-corrected chi connectivity index (χ0v) is 12.1. The molecule has 0 fully saturated rings. The number of nitrogens with zero attached hydrogens (tertiary/aromatic N) is 1. The first kappa shape index (κ1) is 14.4. The number of carbonyl (C=O) groups is 1. The van der Waals surface area contributed by atoms with Crippen molar-refractivity contribution < 1.29 is 9.53 Å². The Morgan fingerprint density at radius 2 is 2.25 bits per heavy atom. The predicted octanol–water partition coefficient (Wildman–Crippen LogP) is 3.03. The topological polar surface area (TPSA) is 67.0 Å². The molecule has 20 heavy (non-hydrogen) atoms. The van der Waals surface area contributed by atoms with Crippen molar-refractivity contribution in [3.05, 3.63) is 41.0 Å². The first-order valence-corrected chi connectivity index (χ1v) is 6.74. The smallest absolute Gasteiger partial charge is 0.266 e. The number of para-hydroxylation sites is 1. The Balaban J connectivity index is 2.01. The third-order valence-corrected chi connectivity index (χ3v) is 3.17. The fourth-order valence-corrected chi connectivity index (χ4v) is 1.88.